The Labute approximate surface area is 121 Å². The largest absolute Gasteiger partial charge is 0.465 e. The van der Waals surface area contributed by atoms with Gasteiger partial charge >= 0.3 is 11.9 Å². The van der Waals surface area contributed by atoms with Crippen LogP contribution in [0, 0.1) is 11.8 Å². The first kappa shape index (κ1) is 18.6. The summed E-state index contributed by atoms with van der Waals surface area (Å²) in [4.78, 5) is 26.1. The Hall–Kier alpha value is -1.36. The first-order chi connectivity index (χ1) is 9.47. The Kier molecular flexibility index (Phi) is 9.72. The van der Waals surface area contributed by atoms with Crippen molar-refractivity contribution in [1.82, 2.24) is 4.90 Å². The SMILES string of the molecule is C/C=C/C(CCN(C)C)C(C(=O)OCC)C(=O)OCC. The summed E-state index contributed by atoms with van der Waals surface area (Å²) >= 11 is 0. The third kappa shape index (κ3) is 6.70. The second-order valence-electron chi connectivity index (χ2n) is 4.76. The molecule has 0 N–H and O–H groups in total. The summed E-state index contributed by atoms with van der Waals surface area (Å²) in [6, 6.07) is 0. The molecule has 0 radical (unpaired) electrons. The molecule has 116 valence electrons. The summed E-state index contributed by atoms with van der Waals surface area (Å²) in [6.45, 7) is 6.62. The van der Waals surface area contributed by atoms with Gasteiger partial charge in [0.2, 0.25) is 0 Å². The maximum atomic E-state index is 12.0. The van der Waals surface area contributed by atoms with Crippen LogP contribution in [0.5, 0.6) is 0 Å². The molecule has 0 aliphatic heterocycles. The minimum Gasteiger partial charge on any atom is -0.465 e. The Morgan fingerprint density at radius 2 is 1.60 bits per heavy atom. The highest BCUT2D eigenvalue weighted by Crippen LogP contribution is 2.22. The minimum atomic E-state index is -0.883. The molecular weight excluding hydrogens is 258 g/mol. The molecule has 0 aromatic heterocycles. The van der Waals surface area contributed by atoms with Crippen molar-refractivity contribution in [3.05, 3.63) is 12.2 Å². The Morgan fingerprint density at radius 1 is 1.10 bits per heavy atom. The van der Waals surface area contributed by atoms with Crippen LogP contribution in [-0.4, -0.2) is 50.7 Å². The van der Waals surface area contributed by atoms with E-state index in [9.17, 15) is 9.59 Å². The lowest BCUT2D eigenvalue weighted by atomic mass is 9.88. The van der Waals surface area contributed by atoms with Gasteiger partial charge in [0.25, 0.3) is 0 Å². The molecule has 5 nitrogen and oxygen atoms in total. The first-order valence-corrected chi connectivity index (χ1v) is 7.08. The van der Waals surface area contributed by atoms with E-state index in [2.05, 4.69) is 0 Å². The smallest absolute Gasteiger partial charge is 0.320 e. The number of hydrogen-bond acceptors (Lipinski definition) is 5. The monoisotopic (exact) mass is 285 g/mol. The van der Waals surface area contributed by atoms with Crippen molar-refractivity contribution in [2.75, 3.05) is 33.9 Å². The molecule has 0 aliphatic carbocycles. The van der Waals surface area contributed by atoms with Gasteiger partial charge in [-0.25, -0.2) is 0 Å². The molecule has 0 aromatic carbocycles. The summed E-state index contributed by atoms with van der Waals surface area (Å²) in [6.07, 6.45) is 4.42. The Bertz CT molecular complexity index is 308. The quantitative estimate of drug-likeness (QED) is 0.368. The highest BCUT2D eigenvalue weighted by atomic mass is 16.6. The molecule has 5 heteroatoms. The van der Waals surface area contributed by atoms with Gasteiger partial charge in [0.15, 0.2) is 5.92 Å². The first-order valence-electron chi connectivity index (χ1n) is 7.08. The molecule has 0 fully saturated rings. The number of rotatable bonds is 9. The van der Waals surface area contributed by atoms with Crippen LogP contribution in [0.3, 0.4) is 0 Å². The van der Waals surface area contributed by atoms with E-state index in [0.29, 0.717) is 6.42 Å². The fourth-order valence-electron chi connectivity index (χ4n) is 1.94. The summed E-state index contributed by atoms with van der Waals surface area (Å²) in [5.74, 6) is -2.10. The van der Waals surface area contributed by atoms with Crippen LogP contribution in [0.1, 0.15) is 27.2 Å². The number of carbonyl (C=O) groups is 2. The number of esters is 2. The summed E-state index contributed by atoms with van der Waals surface area (Å²) in [5, 5.41) is 0. The molecule has 0 aliphatic rings. The minimum absolute atomic E-state index is 0.208. The average molecular weight is 285 g/mol. The van der Waals surface area contributed by atoms with Crippen LogP contribution in [0.2, 0.25) is 0 Å². The second kappa shape index (κ2) is 10.4. The van der Waals surface area contributed by atoms with E-state index in [1.165, 1.54) is 0 Å². The van der Waals surface area contributed by atoms with Crippen LogP contribution in [0.15, 0.2) is 12.2 Å². The van der Waals surface area contributed by atoms with Crippen molar-refractivity contribution < 1.29 is 19.1 Å². The van der Waals surface area contributed by atoms with Crippen LogP contribution >= 0.6 is 0 Å². The van der Waals surface area contributed by atoms with Crippen LogP contribution in [0.25, 0.3) is 0 Å². The van der Waals surface area contributed by atoms with Gasteiger partial charge in [-0.3, -0.25) is 9.59 Å². The lowest BCUT2D eigenvalue weighted by molar-refractivity contribution is -0.163. The van der Waals surface area contributed by atoms with Crippen LogP contribution < -0.4 is 0 Å². The van der Waals surface area contributed by atoms with Crippen molar-refractivity contribution >= 4 is 11.9 Å². The van der Waals surface area contributed by atoms with Crippen molar-refractivity contribution in [3.63, 3.8) is 0 Å². The molecule has 0 saturated heterocycles. The van der Waals surface area contributed by atoms with Gasteiger partial charge in [-0.15, -0.1) is 0 Å². The standard InChI is InChI=1S/C15H27NO4/c1-6-9-12(10-11-16(4)5)13(14(17)19-7-2)15(18)20-8-3/h6,9,12-13H,7-8,10-11H2,1-5H3/b9-6+. The lowest BCUT2D eigenvalue weighted by Gasteiger charge is -2.23. The van der Waals surface area contributed by atoms with Gasteiger partial charge in [0, 0.05) is 5.92 Å². The Balaban J connectivity index is 5.07. The summed E-state index contributed by atoms with van der Waals surface area (Å²) in [7, 11) is 3.91. The van der Waals surface area contributed by atoms with E-state index in [4.69, 9.17) is 9.47 Å². The number of ether oxygens (including phenoxy) is 2. The van der Waals surface area contributed by atoms with E-state index in [1.54, 1.807) is 13.8 Å². The van der Waals surface area contributed by atoms with Gasteiger partial charge in [0.05, 0.1) is 13.2 Å². The van der Waals surface area contributed by atoms with E-state index in [-0.39, 0.29) is 19.1 Å². The molecule has 0 bridgehead atoms. The van der Waals surface area contributed by atoms with Gasteiger partial charge in [0.1, 0.15) is 0 Å². The number of hydrogen-bond donors (Lipinski definition) is 0. The second-order valence-corrected chi connectivity index (χ2v) is 4.76. The number of allylic oxidation sites excluding steroid dienone is 2. The van der Waals surface area contributed by atoms with Gasteiger partial charge in [-0.2, -0.15) is 0 Å². The zero-order chi connectivity index (χ0) is 15.5. The highest BCUT2D eigenvalue weighted by molar-refractivity contribution is 5.95. The molecule has 20 heavy (non-hydrogen) atoms. The maximum absolute atomic E-state index is 12.0. The molecule has 0 aromatic rings. The van der Waals surface area contributed by atoms with Crippen LogP contribution in [-0.2, 0) is 19.1 Å². The van der Waals surface area contributed by atoms with Gasteiger partial charge in [-0.05, 0) is 47.8 Å². The molecule has 0 amide bonds. The van der Waals surface area contributed by atoms with Crippen molar-refractivity contribution in [2.45, 2.75) is 27.2 Å². The molecule has 0 saturated carbocycles. The Morgan fingerprint density at radius 3 is 1.95 bits per heavy atom. The number of nitrogens with zero attached hydrogens (tertiary/aromatic N) is 1. The maximum Gasteiger partial charge on any atom is 0.320 e. The highest BCUT2D eigenvalue weighted by Gasteiger charge is 2.35. The zero-order valence-electron chi connectivity index (χ0n) is 13.2. The summed E-state index contributed by atoms with van der Waals surface area (Å²) < 4.78 is 10.0. The van der Waals surface area contributed by atoms with Gasteiger partial charge < -0.3 is 14.4 Å². The van der Waals surface area contributed by atoms with Crippen molar-refractivity contribution in [2.24, 2.45) is 11.8 Å². The van der Waals surface area contributed by atoms with E-state index in [1.807, 2.05) is 38.1 Å². The molecule has 0 spiro atoms. The fraction of sp³-hybridized carbons (Fsp3) is 0.733. The van der Waals surface area contributed by atoms with Crippen molar-refractivity contribution in [3.8, 4) is 0 Å². The average Bonchev–Trinajstić information content (AvgIpc) is 2.36. The summed E-state index contributed by atoms with van der Waals surface area (Å²) in [5.41, 5.74) is 0. The van der Waals surface area contributed by atoms with E-state index in [0.717, 1.165) is 6.54 Å². The van der Waals surface area contributed by atoms with Crippen LogP contribution in [0.4, 0.5) is 0 Å². The topological polar surface area (TPSA) is 55.8 Å². The normalized spacial score (nSPS) is 12.9. The molecule has 0 rings (SSSR count). The molecule has 1 unspecified atom stereocenters. The molecule has 1 atom stereocenters. The third-order valence-corrected chi connectivity index (χ3v) is 2.86. The molecular formula is C15H27NO4. The fourth-order valence-corrected chi connectivity index (χ4v) is 1.94. The van der Waals surface area contributed by atoms with E-state index < -0.39 is 17.9 Å². The molecule has 0 heterocycles. The third-order valence-electron chi connectivity index (χ3n) is 2.86. The zero-order valence-corrected chi connectivity index (χ0v) is 13.2. The number of carbonyl (C=O) groups excluding carboxylic acids is 2. The van der Waals surface area contributed by atoms with Crippen molar-refractivity contribution in [1.29, 1.82) is 0 Å². The van der Waals surface area contributed by atoms with Gasteiger partial charge in [-0.1, -0.05) is 12.2 Å². The van der Waals surface area contributed by atoms with E-state index >= 15 is 0 Å². The predicted molar refractivity (Wildman–Crippen MR) is 78.2 cm³/mol. The lowest BCUT2D eigenvalue weighted by Crippen LogP contribution is -2.35. The predicted octanol–water partition coefficient (Wildman–Crippen LogP) is 1.87.